The maximum Gasteiger partial charge on any atom is 0.0576 e. The van der Waals surface area contributed by atoms with Crippen LogP contribution in [0, 0.1) is 13.8 Å². The standard InChI is InChI=1S/C20H34N4/c1-7-19(22-8-2)20(5,6)24(12-10-9-11-21)15-18-17(4)13-16(3)14-23-18/h7-8,13-14H,9-12,15,21H2,1-6H3/b19-7-,22-8-. The summed E-state index contributed by atoms with van der Waals surface area (Å²) in [5, 5.41) is 0. The zero-order chi connectivity index (χ0) is 18.2. The molecule has 0 bridgehead atoms. The molecule has 0 radical (unpaired) electrons. The molecule has 1 heterocycles. The summed E-state index contributed by atoms with van der Waals surface area (Å²) in [7, 11) is 0. The number of allylic oxidation sites excluding steroid dienone is 1. The topological polar surface area (TPSA) is 54.5 Å². The molecule has 1 aromatic heterocycles. The summed E-state index contributed by atoms with van der Waals surface area (Å²) in [6, 6.07) is 2.20. The third-order valence-corrected chi connectivity index (χ3v) is 4.51. The molecule has 0 saturated carbocycles. The van der Waals surface area contributed by atoms with Crippen molar-refractivity contribution in [3.05, 3.63) is 40.9 Å². The minimum atomic E-state index is -0.158. The van der Waals surface area contributed by atoms with E-state index in [2.05, 4.69) is 61.6 Å². The lowest BCUT2D eigenvalue weighted by atomic mass is 9.96. The lowest BCUT2D eigenvalue weighted by molar-refractivity contribution is 0.136. The maximum absolute atomic E-state index is 5.69. The Morgan fingerprint density at radius 1 is 1.29 bits per heavy atom. The molecule has 0 saturated heterocycles. The SMILES string of the molecule is C/C=N\C(=C/C)C(C)(C)N(CCCCN)Cc1ncc(C)cc1C. The van der Waals surface area contributed by atoms with Crippen molar-refractivity contribution in [1.29, 1.82) is 0 Å². The molecule has 0 spiro atoms. The average Bonchev–Trinajstić information content (AvgIpc) is 2.53. The van der Waals surface area contributed by atoms with Gasteiger partial charge in [-0.15, -0.1) is 0 Å². The fourth-order valence-corrected chi connectivity index (χ4v) is 2.98. The molecule has 0 aliphatic rings. The second kappa shape index (κ2) is 9.70. The third kappa shape index (κ3) is 5.53. The fraction of sp³-hybridized carbons (Fsp3) is 0.600. The lowest BCUT2D eigenvalue weighted by Gasteiger charge is -2.39. The number of hydrogen-bond donors (Lipinski definition) is 1. The minimum Gasteiger partial charge on any atom is -0.330 e. The smallest absolute Gasteiger partial charge is 0.0576 e. The van der Waals surface area contributed by atoms with Crippen molar-refractivity contribution in [2.45, 2.75) is 66.5 Å². The predicted molar refractivity (Wildman–Crippen MR) is 104 cm³/mol. The molecule has 0 aliphatic carbocycles. The second-order valence-electron chi connectivity index (χ2n) is 6.81. The van der Waals surface area contributed by atoms with Crippen LogP contribution in [0.4, 0.5) is 0 Å². The quantitative estimate of drug-likeness (QED) is 0.550. The second-order valence-corrected chi connectivity index (χ2v) is 6.81. The van der Waals surface area contributed by atoms with Crippen LogP contribution in [0.1, 0.15) is 57.4 Å². The molecule has 0 fully saturated rings. The van der Waals surface area contributed by atoms with Crippen molar-refractivity contribution >= 4 is 6.21 Å². The van der Waals surface area contributed by atoms with Gasteiger partial charge in [0.2, 0.25) is 0 Å². The van der Waals surface area contributed by atoms with Gasteiger partial charge in [0, 0.05) is 19.0 Å². The van der Waals surface area contributed by atoms with E-state index in [9.17, 15) is 0 Å². The summed E-state index contributed by atoms with van der Waals surface area (Å²) in [5.74, 6) is 0. The monoisotopic (exact) mass is 330 g/mol. The highest BCUT2D eigenvalue weighted by molar-refractivity contribution is 5.56. The Labute approximate surface area is 147 Å². The van der Waals surface area contributed by atoms with Crippen molar-refractivity contribution in [2.75, 3.05) is 13.1 Å². The Hall–Kier alpha value is -1.52. The molecule has 4 nitrogen and oxygen atoms in total. The number of aromatic nitrogens is 1. The number of nitrogens with two attached hydrogens (primary N) is 1. The summed E-state index contributed by atoms with van der Waals surface area (Å²) in [6.45, 7) is 15.3. The highest BCUT2D eigenvalue weighted by Gasteiger charge is 2.30. The molecule has 4 heteroatoms. The third-order valence-electron chi connectivity index (χ3n) is 4.51. The van der Waals surface area contributed by atoms with Crippen molar-refractivity contribution in [2.24, 2.45) is 10.7 Å². The summed E-state index contributed by atoms with van der Waals surface area (Å²) in [5.41, 5.74) is 10.2. The molecule has 0 unspecified atom stereocenters. The summed E-state index contributed by atoms with van der Waals surface area (Å²) in [4.78, 5) is 11.7. The van der Waals surface area contributed by atoms with E-state index < -0.39 is 0 Å². The predicted octanol–water partition coefficient (Wildman–Crippen LogP) is 4.01. The number of aryl methyl sites for hydroxylation is 2. The van der Waals surface area contributed by atoms with E-state index in [1.807, 2.05) is 19.3 Å². The largest absolute Gasteiger partial charge is 0.330 e. The van der Waals surface area contributed by atoms with Crippen LogP contribution in [0.25, 0.3) is 0 Å². The van der Waals surface area contributed by atoms with Crippen LogP contribution in [0.2, 0.25) is 0 Å². The van der Waals surface area contributed by atoms with Crippen molar-refractivity contribution in [3.63, 3.8) is 0 Å². The molecular weight excluding hydrogens is 296 g/mol. The first-order chi connectivity index (χ1) is 11.4. The highest BCUT2D eigenvalue weighted by atomic mass is 15.2. The summed E-state index contributed by atoms with van der Waals surface area (Å²) in [6.07, 6.45) is 8.04. The Balaban J connectivity index is 3.10. The van der Waals surface area contributed by atoms with Crippen molar-refractivity contribution < 1.29 is 0 Å². The van der Waals surface area contributed by atoms with E-state index in [0.717, 1.165) is 43.9 Å². The molecule has 134 valence electrons. The Kier molecular flexibility index (Phi) is 8.29. The zero-order valence-corrected chi connectivity index (χ0v) is 16.3. The molecule has 24 heavy (non-hydrogen) atoms. The van der Waals surface area contributed by atoms with Gasteiger partial charge in [-0.3, -0.25) is 14.9 Å². The van der Waals surface area contributed by atoms with E-state index in [1.165, 1.54) is 11.1 Å². The first-order valence-corrected chi connectivity index (χ1v) is 8.89. The molecule has 1 aromatic rings. The maximum atomic E-state index is 5.69. The normalized spacial score (nSPS) is 13.2. The fourth-order valence-electron chi connectivity index (χ4n) is 2.98. The lowest BCUT2D eigenvalue weighted by Crippen LogP contribution is -2.45. The number of aliphatic imine (C=N–C) groups is 1. The van der Waals surface area contributed by atoms with Gasteiger partial charge in [0.05, 0.1) is 16.9 Å². The van der Waals surface area contributed by atoms with E-state index in [1.54, 1.807) is 0 Å². The molecule has 0 aliphatic heterocycles. The zero-order valence-electron chi connectivity index (χ0n) is 16.3. The van der Waals surface area contributed by atoms with E-state index in [-0.39, 0.29) is 5.54 Å². The average molecular weight is 331 g/mol. The van der Waals surface area contributed by atoms with Crippen LogP contribution in [-0.4, -0.2) is 34.7 Å². The summed E-state index contributed by atoms with van der Waals surface area (Å²) >= 11 is 0. The van der Waals surface area contributed by atoms with Gasteiger partial charge in [0.15, 0.2) is 0 Å². The van der Waals surface area contributed by atoms with Gasteiger partial charge in [0.1, 0.15) is 0 Å². The van der Waals surface area contributed by atoms with Crippen LogP contribution >= 0.6 is 0 Å². The van der Waals surface area contributed by atoms with Crippen LogP contribution in [0.15, 0.2) is 29.0 Å². The Morgan fingerprint density at radius 3 is 2.54 bits per heavy atom. The van der Waals surface area contributed by atoms with Gasteiger partial charge in [-0.25, -0.2) is 0 Å². The molecule has 2 N–H and O–H groups in total. The first-order valence-electron chi connectivity index (χ1n) is 8.89. The van der Waals surface area contributed by atoms with Gasteiger partial charge < -0.3 is 5.73 Å². The minimum absolute atomic E-state index is 0.158. The number of pyridine rings is 1. The van der Waals surface area contributed by atoms with E-state index >= 15 is 0 Å². The van der Waals surface area contributed by atoms with Crippen LogP contribution in [0.5, 0.6) is 0 Å². The highest BCUT2D eigenvalue weighted by Crippen LogP contribution is 2.28. The molecule has 1 rings (SSSR count). The summed E-state index contributed by atoms with van der Waals surface area (Å²) < 4.78 is 0. The number of nitrogens with zero attached hydrogens (tertiary/aromatic N) is 3. The first kappa shape index (κ1) is 20.5. The van der Waals surface area contributed by atoms with Gasteiger partial charge in [0.25, 0.3) is 0 Å². The number of rotatable bonds is 9. The number of unbranched alkanes of at least 4 members (excludes halogenated alkanes) is 1. The molecule has 0 amide bonds. The van der Waals surface area contributed by atoms with Crippen LogP contribution < -0.4 is 5.73 Å². The van der Waals surface area contributed by atoms with Gasteiger partial charge in [-0.05, 0) is 78.6 Å². The van der Waals surface area contributed by atoms with Crippen LogP contribution in [-0.2, 0) is 6.54 Å². The van der Waals surface area contributed by atoms with E-state index in [0.29, 0.717) is 0 Å². The Bertz CT molecular complexity index is 573. The molecule has 0 aromatic carbocycles. The van der Waals surface area contributed by atoms with E-state index in [4.69, 9.17) is 5.73 Å². The molecule has 0 atom stereocenters. The van der Waals surface area contributed by atoms with Gasteiger partial charge >= 0.3 is 0 Å². The van der Waals surface area contributed by atoms with Gasteiger partial charge in [-0.1, -0.05) is 12.1 Å². The number of hydrogen-bond acceptors (Lipinski definition) is 4. The van der Waals surface area contributed by atoms with Crippen molar-refractivity contribution in [3.8, 4) is 0 Å². The Morgan fingerprint density at radius 2 is 2.00 bits per heavy atom. The van der Waals surface area contributed by atoms with Gasteiger partial charge in [-0.2, -0.15) is 0 Å². The van der Waals surface area contributed by atoms with Crippen LogP contribution in [0.3, 0.4) is 0 Å². The molecular formula is C20H34N4. The van der Waals surface area contributed by atoms with Crippen molar-refractivity contribution in [1.82, 2.24) is 9.88 Å².